The number of nitrogens with one attached hydrogen (secondary N) is 1. The average molecular weight is 291 g/mol. The van der Waals surface area contributed by atoms with Crippen LogP contribution in [0.15, 0.2) is 18.2 Å². The molecule has 4 heteroatoms. The van der Waals surface area contributed by atoms with Crippen molar-refractivity contribution in [2.24, 2.45) is 0 Å². The number of halogens is 1. The highest BCUT2D eigenvalue weighted by Gasteiger charge is 2.29. The largest absolute Gasteiger partial charge is 0.369 e. The van der Waals surface area contributed by atoms with Crippen LogP contribution in [0, 0.1) is 5.82 Å². The van der Waals surface area contributed by atoms with E-state index in [4.69, 9.17) is 0 Å². The van der Waals surface area contributed by atoms with E-state index in [1.165, 1.54) is 25.8 Å². The van der Waals surface area contributed by atoms with Crippen molar-refractivity contribution >= 4 is 5.69 Å². The fraction of sp³-hybridized carbons (Fsp3) is 0.647. The van der Waals surface area contributed by atoms with Crippen LogP contribution < -0.4 is 10.2 Å². The van der Waals surface area contributed by atoms with Gasteiger partial charge in [0.25, 0.3) is 0 Å². The Bertz CT molecular complexity index is 477. The van der Waals surface area contributed by atoms with Gasteiger partial charge in [-0.25, -0.2) is 4.39 Å². The van der Waals surface area contributed by atoms with Crippen LogP contribution in [-0.4, -0.2) is 43.7 Å². The van der Waals surface area contributed by atoms with Gasteiger partial charge in [0.05, 0.1) is 0 Å². The minimum Gasteiger partial charge on any atom is -0.369 e. The van der Waals surface area contributed by atoms with E-state index < -0.39 is 0 Å². The Kier molecular flexibility index (Phi) is 4.76. The van der Waals surface area contributed by atoms with Gasteiger partial charge in [-0.1, -0.05) is 13.3 Å². The summed E-state index contributed by atoms with van der Waals surface area (Å²) < 4.78 is 13.9. The lowest BCUT2D eigenvalue weighted by Gasteiger charge is -2.45. The molecule has 0 saturated carbocycles. The monoisotopic (exact) mass is 291 g/mol. The highest BCUT2D eigenvalue weighted by molar-refractivity contribution is 5.50. The molecule has 0 spiro atoms. The minimum atomic E-state index is -0.119. The van der Waals surface area contributed by atoms with Crippen LogP contribution in [-0.2, 0) is 6.54 Å². The molecule has 0 aliphatic carbocycles. The van der Waals surface area contributed by atoms with Gasteiger partial charge >= 0.3 is 0 Å². The highest BCUT2D eigenvalue weighted by Crippen LogP contribution is 2.26. The van der Waals surface area contributed by atoms with Gasteiger partial charge in [0.1, 0.15) is 5.82 Å². The lowest BCUT2D eigenvalue weighted by molar-refractivity contribution is 0.133. The third-order valence-corrected chi connectivity index (χ3v) is 4.72. The number of fused-ring (bicyclic) bond motifs is 1. The van der Waals surface area contributed by atoms with Crippen LogP contribution in [0.1, 0.15) is 31.7 Å². The molecule has 1 aromatic rings. The molecule has 0 amide bonds. The number of anilines is 1. The van der Waals surface area contributed by atoms with Crippen LogP contribution in [0.2, 0.25) is 0 Å². The molecule has 116 valence electrons. The van der Waals surface area contributed by atoms with Gasteiger partial charge in [-0.05, 0) is 49.7 Å². The summed E-state index contributed by atoms with van der Waals surface area (Å²) in [4.78, 5) is 4.98. The SMILES string of the molecule is CCNCc1cc(F)cc(N2CCN3CCCCC3C2)c1. The molecule has 21 heavy (non-hydrogen) atoms. The van der Waals surface area contributed by atoms with Gasteiger partial charge in [0.15, 0.2) is 0 Å². The summed E-state index contributed by atoms with van der Waals surface area (Å²) in [6.45, 7) is 8.14. The molecule has 3 nitrogen and oxygen atoms in total. The first-order chi connectivity index (χ1) is 10.3. The van der Waals surface area contributed by atoms with E-state index in [-0.39, 0.29) is 5.82 Å². The Labute approximate surface area is 127 Å². The normalized spacial score (nSPS) is 23.1. The molecule has 2 aliphatic rings. The fourth-order valence-electron chi connectivity index (χ4n) is 3.58. The van der Waals surface area contributed by atoms with Gasteiger partial charge < -0.3 is 10.2 Å². The molecule has 1 N–H and O–H groups in total. The Balaban J connectivity index is 1.72. The maximum atomic E-state index is 13.9. The predicted octanol–water partition coefficient (Wildman–Crippen LogP) is 2.61. The Morgan fingerprint density at radius 1 is 1.19 bits per heavy atom. The van der Waals surface area contributed by atoms with Crippen molar-refractivity contribution in [3.8, 4) is 0 Å². The molecule has 1 atom stereocenters. The smallest absolute Gasteiger partial charge is 0.125 e. The maximum Gasteiger partial charge on any atom is 0.125 e. The van der Waals surface area contributed by atoms with E-state index in [0.29, 0.717) is 6.04 Å². The number of nitrogens with zero attached hydrogens (tertiary/aromatic N) is 2. The van der Waals surface area contributed by atoms with Crippen molar-refractivity contribution in [3.63, 3.8) is 0 Å². The maximum absolute atomic E-state index is 13.9. The summed E-state index contributed by atoms with van der Waals surface area (Å²) in [6, 6.07) is 6.13. The van der Waals surface area contributed by atoms with Crippen LogP contribution in [0.5, 0.6) is 0 Å². The summed E-state index contributed by atoms with van der Waals surface area (Å²) in [6.07, 6.45) is 3.96. The van der Waals surface area contributed by atoms with Gasteiger partial charge in [-0.15, -0.1) is 0 Å². The van der Waals surface area contributed by atoms with Crippen LogP contribution in [0.25, 0.3) is 0 Å². The summed E-state index contributed by atoms with van der Waals surface area (Å²) in [5.41, 5.74) is 2.09. The first-order valence-electron chi connectivity index (χ1n) is 8.25. The second-order valence-corrected chi connectivity index (χ2v) is 6.23. The molecule has 0 bridgehead atoms. The van der Waals surface area contributed by atoms with Gasteiger partial charge in [0, 0.05) is 37.9 Å². The Morgan fingerprint density at radius 2 is 2.10 bits per heavy atom. The topological polar surface area (TPSA) is 18.5 Å². The van der Waals surface area contributed by atoms with E-state index in [0.717, 1.165) is 44.0 Å². The van der Waals surface area contributed by atoms with Crippen molar-refractivity contribution in [2.45, 2.75) is 38.8 Å². The average Bonchev–Trinajstić information content (AvgIpc) is 2.52. The van der Waals surface area contributed by atoms with Gasteiger partial charge in [-0.3, -0.25) is 4.90 Å². The first kappa shape index (κ1) is 14.8. The lowest BCUT2D eigenvalue weighted by Crippen LogP contribution is -2.54. The van der Waals surface area contributed by atoms with Crippen molar-refractivity contribution in [2.75, 3.05) is 37.6 Å². The van der Waals surface area contributed by atoms with E-state index in [2.05, 4.69) is 28.1 Å². The second kappa shape index (κ2) is 6.75. The quantitative estimate of drug-likeness (QED) is 0.920. The third-order valence-electron chi connectivity index (χ3n) is 4.72. The zero-order valence-corrected chi connectivity index (χ0v) is 12.9. The molecular formula is C17H26FN3. The molecule has 2 fully saturated rings. The molecule has 0 aromatic heterocycles. The van der Waals surface area contributed by atoms with E-state index >= 15 is 0 Å². The van der Waals surface area contributed by atoms with Crippen molar-refractivity contribution in [1.82, 2.24) is 10.2 Å². The molecular weight excluding hydrogens is 265 g/mol. The third kappa shape index (κ3) is 3.55. The first-order valence-corrected chi connectivity index (χ1v) is 8.25. The summed E-state index contributed by atoms with van der Waals surface area (Å²) in [5, 5.41) is 3.27. The fourth-order valence-corrected chi connectivity index (χ4v) is 3.58. The summed E-state index contributed by atoms with van der Waals surface area (Å²) >= 11 is 0. The number of rotatable bonds is 4. The number of piperazine rings is 1. The van der Waals surface area contributed by atoms with Gasteiger partial charge in [0.2, 0.25) is 0 Å². The predicted molar refractivity (Wildman–Crippen MR) is 85.2 cm³/mol. The minimum absolute atomic E-state index is 0.119. The Morgan fingerprint density at radius 3 is 2.95 bits per heavy atom. The summed E-state index contributed by atoms with van der Waals surface area (Å²) in [7, 11) is 0. The van der Waals surface area contributed by atoms with E-state index in [1.54, 1.807) is 12.1 Å². The summed E-state index contributed by atoms with van der Waals surface area (Å²) in [5.74, 6) is -0.119. The van der Waals surface area contributed by atoms with Crippen LogP contribution in [0.3, 0.4) is 0 Å². The van der Waals surface area contributed by atoms with Crippen molar-refractivity contribution in [3.05, 3.63) is 29.6 Å². The van der Waals surface area contributed by atoms with Crippen molar-refractivity contribution in [1.29, 1.82) is 0 Å². The molecule has 2 heterocycles. The lowest BCUT2D eigenvalue weighted by atomic mass is 9.99. The number of hydrogen-bond acceptors (Lipinski definition) is 3. The van der Waals surface area contributed by atoms with Crippen molar-refractivity contribution < 1.29 is 4.39 Å². The molecule has 2 aliphatic heterocycles. The zero-order valence-electron chi connectivity index (χ0n) is 12.9. The molecule has 3 rings (SSSR count). The van der Waals surface area contributed by atoms with E-state index in [9.17, 15) is 4.39 Å². The molecule has 0 radical (unpaired) electrons. The standard InChI is InChI=1S/C17H26FN3/c1-2-19-12-14-9-15(18)11-17(10-14)21-8-7-20-6-4-3-5-16(20)13-21/h9-11,16,19H,2-8,12-13H2,1H3. The van der Waals surface area contributed by atoms with E-state index in [1.807, 2.05) is 0 Å². The number of hydrogen-bond donors (Lipinski definition) is 1. The second-order valence-electron chi connectivity index (χ2n) is 6.23. The van der Waals surface area contributed by atoms with Gasteiger partial charge in [-0.2, -0.15) is 0 Å². The molecule has 1 unspecified atom stereocenters. The molecule has 2 saturated heterocycles. The van der Waals surface area contributed by atoms with Crippen LogP contribution in [0.4, 0.5) is 10.1 Å². The van der Waals surface area contributed by atoms with Crippen LogP contribution >= 0.6 is 0 Å². The number of piperidine rings is 1. The number of benzene rings is 1. The molecule has 1 aromatic carbocycles. The zero-order chi connectivity index (χ0) is 14.7. The Hall–Kier alpha value is -1.13. The highest BCUT2D eigenvalue weighted by atomic mass is 19.1.